The highest BCUT2D eigenvalue weighted by atomic mass is 35.5. The minimum atomic E-state index is -0.138. The van der Waals surface area contributed by atoms with E-state index >= 15 is 0 Å². The van der Waals surface area contributed by atoms with Gasteiger partial charge in [0.1, 0.15) is 0 Å². The molecule has 0 aliphatic carbocycles. The van der Waals surface area contributed by atoms with Crippen molar-refractivity contribution in [1.29, 1.82) is 0 Å². The Morgan fingerprint density at radius 1 is 1.21 bits per heavy atom. The Morgan fingerprint density at radius 3 is 2.58 bits per heavy atom. The molecule has 0 radical (unpaired) electrons. The maximum Gasteiger partial charge on any atom is 0.255 e. The van der Waals surface area contributed by atoms with Crippen molar-refractivity contribution >= 4 is 23.2 Å². The van der Waals surface area contributed by atoms with Gasteiger partial charge in [-0.2, -0.15) is 0 Å². The molecule has 4 nitrogen and oxygen atoms in total. The van der Waals surface area contributed by atoms with Crippen LogP contribution in [0, 0.1) is 0 Å². The molecule has 1 N–H and O–H groups in total. The summed E-state index contributed by atoms with van der Waals surface area (Å²) in [4.78, 5) is 14.6. The number of anilines is 1. The van der Waals surface area contributed by atoms with E-state index < -0.39 is 0 Å². The van der Waals surface area contributed by atoms with Crippen molar-refractivity contribution in [3.8, 4) is 0 Å². The Bertz CT molecular complexity index is 686. The van der Waals surface area contributed by atoms with Crippen LogP contribution in [0.3, 0.4) is 0 Å². The van der Waals surface area contributed by atoms with E-state index in [0.717, 1.165) is 31.9 Å². The zero-order chi connectivity index (χ0) is 16.9. The monoisotopic (exact) mass is 344 g/mol. The molecular formula is C19H21ClN2O2. The number of hydrogen-bond donors (Lipinski definition) is 1. The summed E-state index contributed by atoms with van der Waals surface area (Å²) in [5.74, 6) is -0.138. The molecule has 1 fully saturated rings. The Hall–Kier alpha value is -1.88. The SMILES string of the molecule is CC1CN(Cc2ccc(NC(=O)c3ccc(Cl)cc3)cc2)CCO1. The number of halogens is 1. The molecule has 1 aliphatic heterocycles. The molecule has 1 heterocycles. The van der Waals surface area contributed by atoms with Gasteiger partial charge in [-0.15, -0.1) is 0 Å². The first-order chi connectivity index (χ1) is 11.6. The lowest BCUT2D eigenvalue weighted by molar-refractivity contribution is -0.0212. The first-order valence-electron chi connectivity index (χ1n) is 8.10. The maximum absolute atomic E-state index is 12.2. The van der Waals surface area contributed by atoms with Crippen LogP contribution in [0.1, 0.15) is 22.8 Å². The van der Waals surface area contributed by atoms with Crippen molar-refractivity contribution in [3.63, 3.8) is 0 Å². The maximum atomic E-state index is 12.2. The highest BCUT2D eigenvalue weighted by Crippen LogP contribution is 2.15. The molecule has 2 aromatic rings. The lowest BCUT2D eigenvalue weighted by atomic mass is 10.1. The predicted octanol–water partition coefficient (Wildman–Crippen LogP) is 3.81. The highest BCUT2D eigenvalue weighted by molar-refractivity contribution is 6.30. The molecule has 24 heavy (non-hydrogen) atoms. The molecule has 5 heteroatoms. The molecule has 0 spiro atoms. The summed E-state index contributed by atoms with van der Waals surface area (Å²) in [7, 11) is 0. The standard InChI is InChI=1S/C19H21ClN2O2/c1-14-12-22(10-11-24-14)13-15-2-8-18(9-3-15)21-19(23)16-4-6-17(20)7-5-16/h2-9,14H,10-13H2,1H3,(H,21,23). The second-order valence-electron chi connectivity index (χ2n) is 6.07. The first-order valence-corrected chi connectivity index (χ1v) is 8.48. The molecular weight excluding hydrogens is 324 g/mol. The Labute approximate surface area is 147 Å². The van der Waals surface area contributed by atoms with Crippen molar-refractivity contribution in [2.45, 2.75) is 19.6 Å². The number of nitrogens with one attached hydrogen (secondary N) is 1. The van der Waals surface area contributed by atoms with Crippen molar-refractivity contribution in [2.75, 3.05) is 25.0 Å². The van der Waals surface area contributed by atoms with Crippen LogP contribution in [-0.2, 0) is 11.3 Å². The number of benzene rings is 2. The zero-order valence-corrected chi connectivity index (χ0v) is 14.4. The molecule has 126 valence electrons. The molecule has 1 aliphatic rings. The van der Waals surface area contributed by atoms with E-state index in [0.29, 0.717) is 10.6 Å². The number of carbonyl (C=O) groups excluding carboxylic acids is 1. The van der Waals surface area contributed by atoms with Crippen molar-refractivity contribution < 1.29 is 9.53 Å². The van der Waals surface area contributed by atoms with Crippen LogP contribution in [0.4, 0.5) is 5.69 Å². The lowest BCUT2D eigenvalue weighted by Gasteiger charge is -2.31. The van der Waals surface area contributed by atoms with E-state index in [1.807, 2.05) is 12.1 Å². The Balaban J connectivity index is 1.58. The number of ether oxygens (including phenoxy) is 1. The van der Waals surface area contributed by atoms with Gasteiger partial charge in [-0.05, 0) is 48.9 Å². The summed E-state index contributed by atoms with van der Waals surface area (Å²) in [6.07, 6.45) is 0.289. The highest BCUT2D eigenvalue weighted by Gasteiger charge is 2.16. The second kappa shape index (κ2) is 7.79. The largest absolute Gasteiger partial charge is 0.376 e. The van der Waals surface area contributed by atoms with Crippen LogP contribution in [0.25, 0.3) is 0 Å². The third-order valence-electron chi connectivity index (χ3n) is 4.05. The lowest BCUT2D eigenvalue weighted by Crippen LogP contribution is -2.40. The first kappa shape index (κ1) is 17.0. The van der Waals surface area contributed by atoms with Gasteiger partial charge in [0.25, 0.3) is 5.91 Å². The van der Waals surface area contributed by atoms with Gasteiger partial charge in [0.15, 0.2) is 0 Å². The summed E-state index contributed by atoms with van der Waals surface area (Å²) >= 11 is 5.84. The van der Waals surface area contributed by atoms with Crippen LogP contribution >= 0.6 is 11.6 Å². The number of nitrogens with zero attached hydrogens (tertiary/aromatic N) is 1. The number of morpholine rings is 1. The van der Waals surface area contributed by atoms with E-state index in [4.69, 9.17) is 16.3 Å². The number of hydrogen-bond acceptors (Lipinski definition) is 3. The van der Waals surface area contributed by atoms with Crippen LogP contribution in [-0.4, -0.2) is 36.6 Å². The summed E-state index contributed by atoms with van der Waals surface area (Å²) in [6, 6.07) is 14.8. The number of carbonyl (C=O) groups is 1. The Kier molecular flexibility index (Phi) is 5.51. The average Bonchev–Trinajstić information content (AvgIpc) is 2.57. The third kappa shape index (κ3) is 4.57. The number of amides is 1. The summed E-state index contributed by atoms with van der Waals surface area (Å²) in [5.41, 5.74) is 2.61. The van der Waals surface area contributed by atoms with Crippen LogP contribution in [0.2, 0.25) is 5.02 Å². The van der Waals surface area contributed by atoms with E-state index in [-0.39, 0.29) is 12.0 Å². The zero-order valence-electron chi connectivity index (χ0n) is 13.7. The van der Waals surface area contributed by atoms with E-state index in [1.165, 1.54) is 5.56 Å². The summed E-state index contributed by atoms with van der Waals surface area (Å²) in [5, 5.41) is 3.52. The molecule has 3 rings (SSSR count). The van der Waals surface area contributed by atoms with Gasteiger partial charge >= 0.3 is 0 Å². The van der Waals surface area contributed by atoms with Gasteiger partial charge in [0.05, 0.1) is 12.7 Å². The normalized spacial score (nSPS) is 18.3. The molecule has 0 saturated carbocycles. The average molecular weight is 345 g/mol. The van der Waals surface area contributed by atoms with Crippen LogP contribution in [0.15, 0.2) is 48.5 Å². The fourth-order valence-electron chi connectivity index (χ4n) is 2.79. The molecule has 1 unspecified atom stereocenters. The van der Waals surface area contributed by atoms with Crippen molar-refractivity contribution in [1.82, 2.24) is 4.90 Å². The minimum Gasteiger partial charge on any atom is -0.376 e. The molecule has 1 atom stereocenters. The minimum absolute atomic E-state index is 0.138. The van der Waals surface area contributed by atoms with Crippen molar-refractivity contribution in [2.24, 2.45) is 0 Å². The quantitative estimate of drug-likeness (QED) is 0.917. The fraction of sp³-hybridized carbons (Fsp3) is 0.316. The summed E-state index contributed by atoms with van der Waals surface area (Å²) < 4.78 is 5.56. The van der Waals surface area contributed by atoms with Crippen molar-refractivity contribution in [3.05, 3.63) is 64.7 Å². The molecule has 1 amide bonds. The Morgan fingerprint density at radius 2 is 1.92 bits per heavy atom. The topological polar surface area (TPSA) is 41.6 Å². The second-order valence-corrected chi connectivity index (χ2v) is 6.51. The molecule has 0 aromatic heterocycles. The van der Waals surface area contributed by atoms with E-state index in [2.05, 4.69) is 29.3 Å². The van der Waals surface area contributed by atoms with Gasteiger partial charge in [0, 0.05) is 35.9 Å². The number of rotatable bonds is 4. The molecule has 0 bridgehead atoms. The van der Waals surface area contributed by atoms with Gasteiger partial charge < -0.3 is 10.1 Å². The predicted molar refractivity (Wildman–Crippen MR) is 96.5 cm³/mol. The fourth-order valence-corrected chi connectivity index (χ4v) is 2.92. The van der Waals surface area contributed by atoms with Gasteiger partial charge in [0.2, 0.25) is 0 Å². The van der Waals surface area contributed by atoms with E-state index in [1.54, 1.807) is 24.3 Å². The van der Waals surface area contributed by atoms with Crippen LogP contribution in [0.5, 0.6) is 0 Å². The summed E-state index contributed by atoms with van der Waals surface area (Å²) in [6.45, 7) is 5.70. The van der Waals surface area contributed by atoms with Gasteiger partial charge in [-0.1, -0.05) is 23.7 Å². The van der Waals surface area contributed by atoms with Gasteiger partial charge in [-0.3, -0.25) is 9.69 Å². The van der Waals surface area contributed by atoms with Crippen LogP contribution < -0.4 is 5.32 Å². The van der Waals surface area contributed by atoms with E-state index in [9.17, 15) is 4.79 Å². The smallest absolute Gasteiger partial charge is 0.255 e. The van der Waals surface area contributed by atoms with Gasteiger partial charge in [-0.25, -0.2) is 0 Å². The molecule has 1 saturated heterocycles. The molecule has 2 aromatic carbocycles. The third-order valence-corrected chi connectivity index (χ3v) is 4.30.